The second-order valence-electron chi connectivity index (χ2n) is 4.89. The van der Waals surface area contributed by atoms with Crippen LogP contribution in [0.25, 0.3) is 0 Å². The molecule has 0 amide bonds. The van der Waals surface area contributed by atoms with E-state index in [1.165, 1.54) is 17.2 Å². The lowest BCUT2D eigenvalue weighted by molar-refractivity contribution is 0.178. The molecule has 0 aliphatic heterocycles. The van der Waals surface area contributed by atoms with Gasteiger partial charge in [0.2, 0.25) is 0 Å². The van der Waals surface area contributed by atoms with E-state index in [4.69, 9.17) is 0 Å². The van der Waals surface area contributed by atoms with Gasteiger partial charge in [0, 0.05) is 6.42 Å². The number of hydrogen-bond donors (Lipinski definition) is 1. The Bertz CT molecular complexity index is 575. The van der Waals surface area contributed by atoms with E-state index in [2.05, 4.69) is 22.0 Å². The molecule has 0 aromatic heterocycles. The highest BCUT2D eigenvalue weighted by molar-refractivity contribution is 9.10. The fourth-order valence-corrected chi connectivity index (χ4v) is 2.49. The van der Waals surface area contributed by atoms with E-state index in [1.807, 2.05) is 26.0 Å². The van der Waals surface area contributed by atoms with Crippen molar-refractivity contribution < 1.29 is 9.50 Å². The second kappa shape index (κ2) is 5.85. The van der Waals surface area contributed by atoms with Crippen molar-refractivity contribution in [1.29, 1.82) is 0 Å². The predicted octanol–water partition coefficient (Wildman–Crippen LogP) is 4.48. The maximum Gasteiger partial charge on any atom is 0.137 e. The van der Waals surface area contributed by atoms with Gasteiger partial charge in [0.05, 0.1) is 10.6 Å². The highest BCUT2D eigenvalue weighted by Gasteiger charge is 2.11. The molecule has 0 radical (unpaired) electrons. The molecule has 1 unspecified atom stereocenters. The van der Waals surface area contributed by atoms with Crippen molar-refractivity contribution in [2.75, 3.05) is 0 Å². The molecule has 0 saturated heterocycles. The number of halogens is 2. The minimum Gasteiger partial charge on any atom is -0.388 e. The molecule has 1 N–H and O–H groups in total. The van der Waals surface area contributed by atoms with Gasteiger partial charge in [-0.1, -0.05) is 35.4 Å². The molecule has 0 bridgehead atoms. The molecule has 19 heavy (non-hydrogen) atoms. The van der Waals surface area contributed by atoms with Crippen LogP contribution in [0.2, 0.25) is 0 Å². The molecule has 2 aromatic carbocycles. The molecule has 1 nitrogen and oxygen atoms in total. The standard InChI is InChI=1S/C16H16BrFO/c1-10-5-11(2)7-12(6-10)8-16(19)13-3-4-14(17)15(18)9-13/h3-7,9,16,19H,8H2,1-2H3. The van der Waals surface area contributed by atoms with E-state index in [0.717, 1.165) is 5.56 Å². The summed E-state index contributed by atoms with van der Waals surface area (Å²) in [5, 5.41) is 10.2. The first kappa shape index (κ1) is 14.2. The van der Waals surface area contributed by atoms with Crippen LogP contribution in [0.3, 0.4) is 0 Å². The van der Waals surface area contributed by atoms with Gasteiger partial charge >= 0.3 is 0 Å². The molecular formula is C16H16BrFO. The van der Waals surface area contributed by atoms with Crippen molar-refractivity contribution >= 4 is 15.9 Å². The van der Waals surface area contributed by atoms with Crippen LogP contribution in [0.4, 0.5) is 4.39 Å². The van der Waals surface area contributed by atoms with Crippen molar-refractivity contribution in [1.82, 2.24) is 0 Å². The van der Waals surface area contributed by atoms with Gasteiger partial charge in [0.15, 0.2) is 0 Å². The molecular weight excluding hydrogens is 307 g/mol. The molecule has 3 heteroatoms. The Balaban J connectivity index is 2.20. The molecule has 0 aliphatic carbocycles. The third-order valence-corrected chi connectivity index (χ3v) is 3.68. The largest absolute Gasteiger partial charge is 0.388 e. The van der Waals surface area contributed by atoms with Crippen LogP contribution in [-0.4, -0.2) is 5.11 Å². The third kappa shape index (κ3) is 3.64. The summed E-state index contributed by atoms with van der Waals surface area (Å²) in [4.78, 5) is 0. The van der Waals surface area contributed by atoms with Crippen LogP contribution < -0.4 is 0 Å². The molecule has 0 saturated carbocycles. The molecule has 2 aromatic rings. The highest BCUT2D eigenvalue weighted by atomic mass is 79.9. The zero-order chi connectivity index (χ0) is 14.0. The molecule has 0 fully saturated rings. The first-order valence-corrected chi connectivity index (χ1v) is 6.95. The topological polar surface area (TPSA) is 20.2 Å². The first-order chi connectivity index (χ1) is 8.95. The Morgan fingerprint density at radius 1 is 1.11 bits per heavy atom. The minimum atomic E-state index is -0.691. The maximum atomic E-state index is 13.4. The molecule has 0 spiro atoms. The van der Waals surface area contributed by atoms with Crippen molar-refractivity contribution in [2.24, 2.45) is 0 Å². The van der Waals surface area contributed by atoms with E-state index < -0.39 is 6.10 Å². The summed E-state index contributed by atoms with van der Waals surface area (Å²) in [5.74, 6) is -0.350. The molecule has 1 atom stereocenters. The summed E-state index contributed by atoms with van der Waals surface area (Å²) in [5.41, 5.74) is 4.00. The lowest BCUT2D eigenvalue weighted by Gasteiger charge is -2.13. The molecule has 2 rings (SSSR count). The van der Waals surface area contributed by atoms with Gasteiger partial charge in [-0.2, -0.15) is 0 Å². The number of hydrogen-bond acceptors (Lipinski definition) is 1. The Morgan fingerprint density at radius 2 is 1.74 bits per heavy atom. The van der Waals surface area contributed by atoms with E-state index in [-0.39, 0.29) is 5.82 Å². The number of rotatable bonds is 3. The van der Waals surface area contributed by atoms with Gasteiger partial charge in [-0.05, 0) is 53.0 Å². The molecule has 0 heterocycles. The first-order valence-electron chi connectivity index (χ1n) is 6.16. The maximum absolute atomic E-state index is 13.4. The van der Waals surface area contributed by atoms with Gasteiger partial charge in [-0.25, -0.2) is 4.39 Å². The molecule has 0 aliphatic rings. The van der Waals surface area contributed by atoms with Gasteiger partial charge < -0.3 is 5.11 Å². The SMILES string of the molecule is Cc1cc(C)cc(CC(O)c2ccc(Br)c(F)c2)c1. The summed E-state index contributed by atoms with van der Waals surface area (Å²) >= 11 is 3.11. The number of aryl methyl sites for hydroxylation is 2. The predicted molar refractivity (Wildman–Crippen MR) is 78.7 cm³/mol. The van der Waals surface area contributed by atoms with Crippen LogP contribution in [0.5, 0.6) is 0 Å². The lowest BCUT2D eigenvalue weighted by Crippen LogP contribution is -2.03. The quantitative estimate of drug-likeness (QED) is 0.883. The number of aliphatic hydroxyl groups excluding tert-OH is 1. The van der Waals surface area contributed by atoms with Crippen LogP contribution in [0.15, 0.2) is 40.9 Å². The summed E-state index contributed by atoms with van der Waals surface area (Å²) < 4.78 is 13.9. The van der Waals surface area contributed by atoms with Gasteiger partial charge in [0.25, 0.3) is 0 Å². The highest BCUT2D eigenvalue weighted by Crippen LogP contribution is 2.24. The Labute approximate surface area is 121 Å². The Kier molecular flexibility index (Phi) is 4.38. The summed E-state index contributed by atoms with van der Waals surface area (Å²) in [6.07, 6.45) is -0.201. The van der Waals surface area contributed by atoms with Crippen LogP contribution in [0, 0.1) is 19.7 Å². The second-order valence-corrected chi connectivity index (χ2v) is 5.74. The molecule has 100 valence electrons. The Morgan fingerprint density at radius 3 is 2.32 bits per heavy atom. The van der Waals surface area contributed by atoms with Crippen LogP contribution >= 0.6 is 15.9 Å². The fourth-order valence-electron chi connectivity index (χ4n) is 2.25. The zero-order valence-corrected chi connectivity index (χ0v) is 12.5. The van der Waals surface area contributed by atoms with E-state index in [9.17, 15) is 9.50 Å². The fraction of sp³-hybridized carbons (Fsp3) is 0.250. The smallest absolute Gasteiger partial charge is 0.137 e. The van der Waals surface area contributed by atoms with Crippen molar-refractivity contribution in [3.8, 4) is 0 Å². The summed E-state index contributed by atoms with van der Waals surface area (Å²) in [7, 11) is 0. The van der Waals surface area contributed by atoms with Gasteiger partial charge in [0.1, 0.15) is 5.82 Å². The van der Waals surface area contributed by atoms with Crippen molar-refractivity contribution in [2.45, 2.75) is 26.4 Å². The van der Waals surface area contributed by atoms with Crippen molar-refractivity contribution in [3.63, 3.8) is 0 Å². The third-order valence-electron chi connectivity index (χ3n) is 3.04. The minimum absolute atomic E-state index is 0.350. The van der Waals surface area contributed by atoms with E-state index in [0.29, 0.717) is 16.5 Å². The van der Waals surface area contributed by atoms with Crippen molar-refractivity contribution in [3.05, 3.63) is 68.9 Å². The number of benzene rings is 2. The average Bonchev–Trinajstić information content (AvgIpc) is 2.31. The summed E-state index contributed by atoms with van der Waals surface area (Å²) in [6.45, 7) is 4.06. The monoisotopic (exact) mass is 322 g/mol. The zero-order valence-electron chi connectivity index (χ0n) is 11.0. The lowest BCUT2D eigenvalue weighted by atomic mass is 9.98. The van der Waals surface area contributed by atoms with Gasteiger partial charge in [-0.3, -0.25) is 0 Å². The van der Waals surface area contributed by atoms with Crippen LogP contribution in [0.1, 0.15) is 28.4 Å². The van der Waals surface area contributed by atoms with Gasteiger partial charge in [-0.15, -0.1) is 0 Å². The van der Waals surface area contributed by atoms with E-state index >= 15 is 0 Å². The average molecular weight is 323 g/mol. The van der Waals surface area contributed by atoms with E-state index in [1.54, 1.807) is 12.1 Å². The normalized spacial score (nSPS) is 12.5. The number of aliphatic hydroxyl groups is 1. The Hall–Kier alpha value is -1.19. The van der Waals surface area contributed by atoms with Crippen LogP contribution in [-0.2, 0) is 6.42 Å². The summed E-state index contributed by atoms with van der Waals surface area (Å²) in [6, 6.07) is 10.9.